The highest BCUT2D eigenvalue weighted by Crippen LogP contribution is 2.33. The van der Waals surface area contributed by atoms with Gasteiger partial charge in [0.15, 0.2) is 0 Å². The zero-order chi connectivity index (χ0) is 16.0. The number of hydrogen-bond acceptors (Lipinski definition) is 6. The van der Waals surface area contributed by atoms with Gasteiger partial charge in [0.2, 0.25) is 15.9 Å². The molecule has 1 rings (SSSR count). The second kappa shape index (κ2) is 7.14. The van der Waals surface area contributed by atoms with Crippen molar-refractivity contribution in [3.05, 3.63) is 12.1 Å². The van der Waals surface area contributed by atoms with Crippen LogP contribution in [0.15, 0.2) is 17.0 Å². The summed E-state index contributed by atoms with van der Waals surface area (Å²) in [4.78, 5) is 11.0. The Morgan fingerprint density at radius 1 is 1.24 bits per heavy atom. The van der Waals surface area contributed by atoms with Gasteiger partial charge in [-0.25, -0.2) is 13.1 Å². The van der Waals surface area contributed by atoms with Crippen LogP contribution in [0.1, 0.15) is 6.42 Å². The maximum atomic E-state index is 12.2. The monoisotopic (exact) mass is 317 g/mol. The first-order valence-corrected chi connectivity index (χ1v) is 7.55. The molecule has 0 aromatic heterocycles. The van der Waals surface area contributed by atoms with Gasteiger partial charge in [0.1, 0.15) is 16.4 Å². The van der Waals surface area contributed by atoms with Crippen molar-refractivity contribution >= 4 is 21.6 Å². The highest BCUT2D eigenvalue weighted by molar-refractivity contribution is 7.89. The SMILES string of the molecule is CNC(=O)CCNS(=O)(=O)c1cc(N)c(OC)cc1OC. The van der Waals surface area contributed by atoms with Gasteiger partial charge in [-0.15, -0.1) is 0 Å². The number of rotatable bonds is 7. The Bertz CT molecular complexity index is 616. The van der Waals surface area contributed by atoms with Crippen molar-refractivity contribution in [3.8, 4) is 11.5 Å². The summed E-state index contributed by atoms with van der Waals surface area (Å²) >= 11 is 0. The summed E-state index contributed by atoms with van der Waals surface area (Å²) in [6.45, 7) is -0.0307. The average molecular weight is 317 g/mol. The summed E-state index contributed by atoms with van der Waals surface area (Å²) in [5.74, 6) is 0.156. The molecule has 1 aromatic carbocycles. The van der Waals surface area contributed by atoms with Gasteiger partial charge in [-0.3, -0.25) is 4.79 Å². The number of ether oxygens (including phenoxy) is 2. The number of nitrogens with one attached hydrogen (secondary N) is 2. The summed E-state index contributed by atoms with van der Waals surface area (Å²) in [6.07, 6.45) is 0.0314. The van der Waals surface area contributed by atoms with Crippen LogP contribution in [0.4, 0.5) is 5.69 Å². The minimum Gasteiger partial charge on any atom is -0.495 e. The summed E-state index contributed by atoms with van der Waals surface area (Å²) in [5, 5.41) is 2.40. The number of nitrogen functional groups attached to an aromatic ring is 1. The Morgan fingerprint density at radius 3 is 2.38 bits per heavy atom. The molecule has 0 atom stereocenters. The van der Waals surface area contributed by atoms with E-state index >= 15 is 0 Å². The van der Waals surface area contributed by atoms with E-state index in [1.165, 1.54) is 33.4 Å². The van der Waals surface area contributed by atoms with E-state index in [2.05, 4.69) is 10.0 Å². The third-order valence-corrected chi connectivity index (χ3v) is 4.21. The predicted molar refractivity (Wildman–Crippen MR) is 77.8 cm³/mol. The molecular formula is C12H19N3O5S. The number of nitrogens with two attached hydrogens (primary N) is 1. The molecule has 21 heavy (non-hydrogen) atoms. The lowest BCUT2D eigenvalue weighted by atomic mass is 10.3. The van der Waals surface area contributed by atoms with Crippen LogP contribution >= 0.6 is 0 Å². The quantitative estimate of drug-likeness (QED) is 0.594. The highest BCUT2D eigenvalue weighted by atomic mass is 32.2. The third kappa shape index (κ3) is 4.23. The molecule has 4 N–H and O–H groups in total. The normalized spacial score (nSPS) is 11.0. The lowest BCUT2D eigenvalue weighted by Gasteiger charge is -2.13. The van der Waals surface area contributed by atoms with Crippen LogP contribution < -0.4 is 25.2 Å². The molecule has 9 heteroatoms. The molecule has 0 saturated carbocycles. The average Bonchev–Trinajstić information content (AvgIpc) is 2.46. The first-order valence-electron chi connectivity index (χ1n) is 6.07. The highest BCUT2D eigenvalue weighted by Gasteiger charge is 2.21. The Balaban J connectivity index is 3.02. The van der Waals surface area contributed by atoms with E-state index in [-0.39, 0.29) is 35.2 Å². The second-order valence-corrected chi connectivity index (χ2v) is 5.80. The van der Waals surface area contributed by atoms with Crippen LogP contribution in [-0.2, 0) is 14.8 Å². The first-order chi connectivity index (χ1) is 9.85. The van der Waals surface area contributed by atoms with Crippen molar-refractivity contribution in [2.75, 3.05) is 33.5 Å². The Hall–Kier alpha value is -2.00. The molecule has 0 unspecified atom stereocenters. The maximum absolute atomic E-state index is 12.2. The smallest absolute Gasteiger partial charge is 0.244 e. The van der Waals surface area contributed by atoms with Gasteiger partial charge in [-0.05, 0) is 6.07 Å². The van der Waals surface area contributed by atoms with E-state index in [9.17, 15) is 13.2 Å². The van der Waals surface area contributed by atoms with Gasteiger partial charge < -0.3 is 20.5 Å². The number of carbonyl (C=O) groups is 1. The molecule has 0 saturated heterocycles. The van der Waals surface area contributed by atoms with Crippen LogP contribution in [0, 0.1) is 0 Å². The van der Waals surface area contributed by atoms with E-state index in [1.54, 1.807) is 0 Å². The maximum Gasteiger partial charge on any atom is 0.244 e. The summed E-state index contributed by atoms with van der Waals surface area (Å²) in [7, 11) is 0.391. The molecule has 0 radical (unpaired) electrons. The van der Waals surface area contributed by atoms with Gasteiger partial charge in [-0.2, -0.15) is 0 Å². The van der Waals surface area contributed by atoms with Crippen LogP contribution in [-0.4, -0.2) is 42.1 Å². The minimum absolute atomic E-state index is 0.0307. The van der Waals surface area contributed by atoms with E-state index in [1.807, 2.05) is 0 Å². The van der Waals surface area contributed by atoms with Crippen LogP contribution in [0.2, 0.25) is 0 Å². The molecular weight excluding hydrogens is 298 g/mol. The lowest BCUT2D eigenvalue weighted by molar-refractivity contribution is -0.120. The van der Waals surface area contributed by atoms with Crippen molar-refractivity contribution < 1.29 is 22.7 Å². The van der Waals surface area contributed by atoms with Crippen molar-refractivity contribution in [1.82, 2.24) is 10.0 Å². The number of methoxy groups -OCH3 is 2. The molecule has 118 valence electrons. The molecule has 1 aromatic rings. The molecule has 0 aliphatic rings. The molecule has 0 aliphatic heterocycles. The zero-order valence-electron chi connectivity index (χ0n) is 12.1. The van der Waals surface area contributed by atoms with Gasteiger partial charge in [-0.1, -0.05) is 0 Å². The van der Waals surface area contributed by atoms with E-state index in [4.69, 9.17) is 15.2 Å². The number of anilines is 1. The topological polar surface area (TPSA) is 120 Å². The van der Waals surface area contributed by atoms with Gasteiger partial charge in [0.05, 0.1) is 19.9 Å². The zero-order valence-corrected chi connectivity index (χ0v) is 12.9. The van der Waals surface area contributed by atoms with Gasteiger partial charge in [0.25, 0.3) is 0 Å². The van der Waals surface area contributed by atoms with Crippen molar-refractivity contribution in [3.63, 3.8) is 0 Å². The number of sulfonamides is 1. The predicted octanol–water partition coefficient (Wildman–Crippen LogP) is -0.300. The number of carbonyl (C=O) groups excluding carboxylic acids is 1. The van der Waals surface area contributed by atoms with Crippen molar-refractivity contribution in [1.29, 1.82) is 0 Å². The first kappa shape index (κ1) is 17.1. The Morgan fingerprint density at radius 2 is 1.86 bits per heavy atom. The summed E-state index contributed by atoms with van der Waals surface area (Å²) < 4.78 is 36.8. The Kier molecular flexibility index (Phi) is 5.79. The van der Waals surface area contributed by atoms with E-state index < -0.39 is 10.0 Å². The van der Waals surface area contributed by atoms with E-state index in [0.29, 0.717) is 5.75 Å². The van der Waals surface area contributed by atoms with Crippen molar-refractivity contribution in [2.24, 2.45) is 0 Å². The second-order valence-electron chi connectivity index (χ2n) is 4.07. The van der Waals surface area contributed by atoms with E-state index in [0.717, 1.165) is 0 Å². The summed E-state index contributed by atoms with van der Waals surface area (Å²) in [6, 6.07) is 2.64. The fraction of sp³-hybridized carbons (Fsp3) is 0.417. The number of amides is 1. The van der Waals surface area contributed by atoms with Crippen LogP contribution in [0.5, 0.6) is 11.5 Å². The molecule has 1 amide bonds. The standard InChI is InChI=1S/C12H19N3O5S/c1-14-12(16)4-5-15-21(17,18)11-6-8(13)9(19-2)7-10(11)20-3/h6-7,15H,4-5,13H2,1-3H3,(H,14,16). The molecule has 0 spiro atoms. The van der Waals surface area contributed by atoms with Crippen LogP contribution in [0.25, 0.3) is 0 Å². The summed E-state index contributed by atoms with van der Waals surface area (Å²) in [5.41, 5.74) is 5.88. The number of hydrogen-bond donors (Lipinski definition) is 3. The third-order valence-electron chi connectivity index (χ3n) is 2.73. The molecule has 0 bridgehead atoms. The minimum atomic E-state index is -3.84. The molecule has 0 heterocycles. The number of benzene rings is 1. The molecule has 0 fully saturated rings. The molecule has 8 nitrogen and oxygen atoms in total. The largest absolute Gasteiger partial charge is 0.495 e. The fourth-order valence-corrected chi connectivity index (χ4v) is 2.82. The molecule has 0 aliphatic carbocycles. The fourth-order valence-electron chi connectivity index (χ4n) is 1.60. The van der Waals surface area contributed by atoms with Crippen molar-refractivity contribution in [2.45, 2.75) is 11.3 Å². The van der Waals surface area contributed by atoms with Gasteiger partial charge in [0, 0.05) is 26.1 Å². The Labute approximate surface area is 123 Å². The van der Waals surface area contributed by atoms with Crippen LogP contribution in [0.3, 0.4) is 0 Å². The lowest BCUT2D eigenvalue weighted by Crippen LogP contribution is -2.29. The van der Waals surface area contributed by atoms with Gasteiger partial charge >= 0.3 is 0 Å².